The second kappa shape index (κ2) is 5.01. The molecule has 1 rings (SSSR count). The molecular formula is C9H16N2. The summed E-state index contributed by atoms with van der Waals surface area (Å²) in [5, 5.41) is 11.1. The molecule has 0 aliphatic heterocycles. The van der Waals surface area contributed by atoms with Crippen LogP contribution in [0.2, 0.25) is 0 Å². The van der Waals surface area contributed by atoms with Crippen molar-refractivity contribution < 1.29 is 0 Å². The molecular weight excluding hydrogens is 136 g/mol. The number of nitrogens with one attached hydrogen (secondary N) is 1. The molecule has 0 radical (unpaired) electrons. The Morgan fingerprint density at radius 2 is 1.82 bits per heavy atom. The van der Waals surface area contributed by atoms with Crippen LogP contribution < -0.4 is 5.32 Å². The van der Waals surface area contributed by atoms with Crippen molar-refractivity contribution in [2.24, 2.45) is 5.92 Å². The summed E-state index contributed by atoms with van der Waals surface area (Å²) in [6.07, 6.45) is 10.1. The van der Waals surface area contributed by atoms with Crippen LogP contribution in [-0.2, 0) is 0 Å². The molecule has 0 aromatic carbocycles. The highest BCUT2D eigenvalue weighted by atomic mass is 14.8. The molecule has 1 aliphatic carbocycles. The summed E-state index contributed by atoms with van der Waals surface area (Å²) in [6, 6.07) is 0. The molecule has 1 aliphatic rings. The third-order valence-corrected chi connectivity index (χ3v) is 2.44. The summed E-state index contributed by atoms with van der Waals surface area (Å²) in [5.41, 5.74) is 0. The van der Waals surface area contributed by atoms with Gasteiger partial charge < -0.3 is 5.32 Å². The van der Waals surface area contributed by atoms with Crippen LogP contribution in [0.25, 0.3) is 0 Å². The molecule has 0 amide bonds. The predicted octanol–water partition coefficient (Wildman–Crippen LogP) is 2.03. The normalized spacial score (nSPS) is 20.3. The Balaban J connectivity index is 2.15. The molecule has 0 saturated heterocycles. The zero-order chi connectivity index (χ0) is 7.94. The highest BCUT2D eigenvalue weighted by Gasteiger charge is 2.10. The Morgan fingerprint density at radius 3 is 2.36 bits per heavy atom. The van der Waals surface area contributed by atoms with Gasteiger partial charge in [0.15, 0.2) is 6.19 Å². The first-order valence-corrected chi connectivity index (χ1v) is 4.55. The monoisotopic (exact) mass is 152 g/mol. The van der Waals surface area contributed by atoms with Gasteiger partial charge in [-0.3, -0.25) is 0 Å². The molecule has 0 heterocycles. The van der Waals surface area contributed by atoms with E-state index in [9.17, 15) is 0 Å². The highest BCUT2D eigenvalue weighted by Crippen LogP contribution is 2.21. The zero-order valence-corrected chi connectivity index (χ0v) is 6.97. The van der Waals surface area contributed by atoms with Gasteiger partial charge in [0.2, 0.25) is 0 Å². The van der Waals surface area contributed by atoms with Crippen molar-refractivity contribution >= 4 is 0 Å². The van der Waals surface area contributed by atoms with Gasteiger partial charge in [0.25, 0.3) is 0 Å². The summed E-state index contributed by atoms with van der Waals surface area (Å²) >= 11 is 0. The minimum absolute atomic E-state index is 0.761. The molecule has 1 saturated carbocycles. The lowest BCUT2D eigenvalue weighted by Crippen LogP contribution is -2.17. The fraction of sp³-hybridized carbons (Fsp3) is 0.889. The Bertz CT molecular complexity index is 129. The van der Waals surface area contributed by atoms with E-state index in [-0.39, 0.29) is 0 Å². The van der Waals surface area contributed by atoms with Gasteiger partial charge in [-0.15, -0.1) is 0 Å². The topological polar surface area (TPSA) is 35.8 Å². The molecule has 0 aromatic rings. The lowest BCUT2D eigenvalue weighted by Gasteiger charge is -2.11. The number of hydrogen-bond acceptors (Lipinski definition) is 2. The number of hydrogen-bond donors (Lipinski definition) is 1. The van der Waals surface area contributed by atoms with Gasteiger partial charge in [0.05, 0.1) is 0 Å². The van der Waals surface area contributed by atoms with Crippen molar-refractivity contribution in [3.05, 3.63) is 0 Å². The van der Waals surface area contributed by atoms with E-state index in [0.29, 0.717) is 0 Å². The largest absolute Gasteiger partial charge is 0.324 e. The maximum Gasteiger partial charge on any atom is 0.176 e. The van der Waals surface area contributed by atoms with Gasteiger partial charge in [-0.1, -0.05) is 25.7 Å². The minimum atomic E-state index is 0.761. The fourth-order valence-corrected chi connectivity index (χ4v) is 1.76. The smallest absolute Gasteiger partial charge is 0.176 e. The molecule has 0 atom stereocenters. The van der Waals surface area contributed by atoms with Crippen molar-refractivity contribution in [3.8, 4) is 6.19 Å². The van der Waals surface area contributed by atoms with Crippen molar-refractivity contribution in [1.29, 1.82) is 5.26 Å². The van der Waals surface area contributed by atoms with Gasteiger partial charge in [0, 0.05) is 6.54 Å². The Morgan fingerprint density at radius 1 is 1.18 bits per heavy atom. The summed E-state index contributed by atoms with van der Waals surface area (Å²) in [4.78, 5) is 0. The van der Waals surface area contributed by atoms with E-state index in [1.54, 1.807) is 0 Å². The predicted molar refractivity (Wildman–Crippen MR) is 44.8 cm³/mol. The lowest BCUT2D eigenvalue weighted by atomic mass is 10.0. The second-order valence-electron chi connectivity index (χ2n) is 3.35. The van der Waals surface area contributed by atoms with E-state index in [2.05, 4.69) is 5.32 Å². The van der Waals surface area contributed by atoms with E-state index < -0.39 is 0 Å². The first-order valence-electron chi connectivity index (χ1n) is 4.55. The van der Waals surface area contributed by atoms with Crippen molar-refractivity contribution in [3.63, 3.8) is 0 Å². The maximum absolute atomic E-state index is 8.31. The van der Waals surface area contributed by atoms with E-state index in [1.807, 2.05) is 6.19 Å². The highest BCUT2D eigenvalue weighted by molar-refractivity contribution is 4.72. The molecule has 1 N–H and O–H groups in total. The Hall–Kier alpha value is -0.710. The van der Waals surface area contributed by atoms with Crippen LogP contribution in [0.5, 0.6) is 0 Å². The zero-order valence-electron chi connectivity index (χ0n) is 6.97. The Labute approximate surface area is 68.6 Å². The van der Waals surface area contributed by atoms with Gasteiger partial charge in [-0.05, 0) is 18.8 Å². The third kappa shape index (κ3) is 3.27. The van der Waals surface area contributed by atoms with Gasteiger partial charge in [-0.2, -0.15) is 5.26 Å². The fourth-order valence-electron chi connectivity index (χ4n) is 1.76. The molecule has 0 spiro atoms. The van der Waals surface area contributed by atoms with E-state index >= 15 is 0 Å². The van der Waals surface area contributed by atoms with E-state index in [1.165, 1.54) is 38.5 Å². The summed E-state index contributed by atoms with van der Waals surface area (Å²) in [7, 11) is 0. The van der Waals surface area contributed by atoms with Crippen molar-refractivity contribution in [2.75, 3.05) is 6.54 Å². The van der Waals surface area contributed by atoms with E-state index in [4.69, 9.17) is 5.26 Å². The van der Waals surface area contributed by atoms with Crippen molar-refractivity contribution in [1.82, 2.24) is 5.32 Å². The van der Waals surface area contributed by atoms with Gasteiger partial charge in [-0.25, -0.2) is 0 Å². The lowest BCUT2D eigenvalue weighted by molar-refractivity contribution is 0.450. The molecule has 0 unspecified atom stereocenters. The first-order chi connectivity index (χ1) is 5.43. The van der Waals surface area contributed by atoms with Crippen LogP contribution in [0, 0.1) is 17.4 Å². The van der Waals surface area contributed by atoms with Crippen molar-refractivity contribution in [2.45, 2.75) is 38.5 Å². The molecule has 2 heteroatoms. The van der Waals surface area contributed by atoms with Crippen LogP contribution in [0.3, 0.4) is 0 Å². The Kier molecular flexibility index (Phi) is 3.82. The number of nitriles is 1. The van der Waals surface area contributed by atoms with Crippen LogP contribution in [0.4, 0.5) is 0 Å². The van der Waals surface area contributed by atoms with Gasteiger partial charge >= 0.3 is 0 Å². The third-order valence-electron chi connectivity index (χ3n) is 2.44. The van der Waals surface area contributed by atoms with Crippen LogP contribution in [0.15, 0.2) is 0 Å². The molecule has 2 nitrogen and oxygen atoms in total. The molecule has 11 heavy (non-hydrogen) atoms. The summed E-state index contributed by atoms with van der Waals surface area (Å²) < 4.78 is 0. The SMILES string of the molecule is N#CNCC1CCCCCC1. The first kappa shape index (κ1) is 8.39. The standard InChI is InChI=1S/C9H16N2/c10-8-11-7-9-5-3-1-2-4-6-9/h9,11H,1-7H2. The number of rotatable bonds is 2. The van der Waals surface area contributed by atoms with Crippen LogP contribution >= 0.6 is 0 Å². The average Bonchev–Trinajstić information content (AvgIpc) is 2.28. The maximum atomic E-state index is 8.31. The van der Waals surface area contributed by atoms with Crippen LogP contribution in [0.1, 0.15) is 38.5 Å². The van der Waals surface area contributed by atoms with Gasteiger partial charge in [0.1, 0.15) is 0 Å². The molecule has 62 valence electrons. The number of nitrogens with zero attached hydrogens (tertiary/aromatic N) is 1. The summed E-state index contributed by atoms with van der Waals surface area (Å²) in [6.45, 7) is 0.899. The van der Waals surface area contributed by atoms with E-state index in [0.717, 1.165) is 12.5 Å². The summed E-state index contributed by atoms with van der Waals surface area (Å²) in [5.74, 6) is 0.761. The average molecular weight is 152 g/mol. The quantitative estimate of drug-likeness (QED) is 0.373. The second-order valence-corrected chi connectivity index (χ2v) is 3.35. The molecule has 0 aromatic heterocycles. The minimum Gasteiger partial charge on any atom is -0.324 e. The molecule has 1 fully saturated rings. The van der Waals surface area contributed by atoms with Crippen LogP contribution in [-0.4, -0.2) is 6.54 Å². The molecule has 0 bridgehead atoms.